The molecule has 0 N–H and O–H groups in total. The molecule has 0 aromatic rings. The molecule has 1 saturated carbocycles. The van der Waals surface area contributed by atoms with Gasteiger partial charge in [-0.1, -0.05) is 12.0 Å². The molecule has 0 heterocycles. The van der Waals surface area contributed by atoms with Crippen molar-refractivity contribution in [1.82, 2.24) is 0 Å². The molecule has 0 saturated heterocycles. The highest BCUT2D eigenvalue weighted by Crippen LogP contribution is 2.36. The summed E-state index contributed by atoms with van der Waals surface area (Å²) in [5, 5.41) is -0.192. The monoisotopic (exact) mass is 242 g/mol. The van der Waals surface area contributed by atoms with Crippen LogP contribution in [0.5, 0.6) is 0 Å². The SMILES string of the molecule is CS(=O)(=O)C1CCCC(C2=CC(=O)CC2)C1. The van der Waals surface area contributed by atoms with Gasteiger partial charge in [-0.25, -0.2) is 8.42 Å². The number of ketones is 1. The molecule has 2 rings (SSSR count). The zero-order valence-electron chi connectivity index (χ0n) is 9.61. The van der Waals surface area contributed by atoms with Gasteiger partial charge in [0.15, 0.2) is 5.78 Å². The molecule has 0 aromatic heterocycles. The minimum Gasteiger partial charge on any atom is -0.295 e. The van der Waals surface area contributed by atoms with Crippen LogP contribution in [0.15, 0.2) is 11.6 Å². The van der Waals surface area contributed by atoms with Crippen molar-refractivity contribution in [3.63, 3.8) is 0 Å². The maximum atomic E-state index is 11.5. The van der Waals surface area contributed by atoms with E-state index in [1.165, 1.54) is 11.8 Å². The van der Waals surface area contributed by atoms with Crippen LogP contribution in [0.3, 0.4) is 0 Å². The van der Waals surface area contributed by atoms with Crippen LogP contribution >= 0.6 is 0 Å². The summed E-state index contributed by atoms with van der Waals surface area (Å²) in [6.45, 7) is 0. The highest BCUT2D eigenvalue weighted by Gasteiger charge is 2.31. The van der Waals surface area contributed by atoms with Gasteiger partial charge in [-0.3, -0.25) is 4.79 Å². The smallest absolute Gasteiger partial charge is 0.155 e. The number of allylic oxidation sites excluding steroid dienone is 2. The Morgan fingerprint density at radius 2 is 2.00 bits per heavy atom. The van der Waals surface area contributed by atoms with Crippen molar-refractivity contribution in [3.8, 4) is 0 Å². The molecule has 0 spiro atoms. The van der Waals surface area contributed by atoms with Crippen molar-refractivity contribution in [2.75, 3.05) is 6.26 Å². The summed E-state index contributed by atoms with van der Waals surface area (Å²) >= 11 is 0. The largest absolute Gasteiger partial charge is 0.295 e. The molecule has 0 aliphatic heterocycles. The van der Waals surface area contributed by atoms with Crippen LogP contribution in [0.1, 0.15) is 38.5 Å². The van der Waals surface area contributed by atoms with Crippen LogP contribution in [0, 0.1) is 5.92 Å². The first-order valence-electron chi connectivity index (χ1n) is 5.89. The second-order valence-corrected chi connectivity index (χ2v) is 7.33. The third-order valence-electron chi connectivity index (χ3n) is 3.76. The molecule has 90 valence electrons. The zero-order chi connectivity index (χ0) is 11.8. The summed E-state index contributed by atoms with van der Waals surface area (Å²) in [5.41, 5.74) is 1.19. The van der Waals surface area contributed by atoms with E-state index in [1.54, 1.807) is 6.08 Å². The number of hydrogen-bond donors (Lipinski definition) is 0. The summed E-state index contributed by atoms with van der Waals surface area (Å²) in [4.78, 5) is 11.2. The van der Waals surface area contributed by atoms with Crippen molar-refractivity contribution in [2.45, 2.75) is 43.8 Å². The summed E-state index contributed by atoms with van der Waals surface area (Å²) in [6.07, 6.45) is 8.06. The highest BCUT2D eigenvalue weighted by molar-refractivity contribution is 7.91. The molecule has 16 heavy (non-hydrogen) atoms. The Hall–Kier alpha value is -0.640. The summed E-state index contributed by atoms with van der Waals surface area (Å²) in [7, 11) is -2.91. The predicted octanol–water partition coefficient (Wildman–Crippen LogP) is 1.88. The van der Waals surface area contributed by atoms with E-state index in [4.69, 9.17) is 0 Å². The van der Waals surface area contributed by atoms with Gasteiger partial charge in [0.1, 0.15) is 9.84 Å². The average molecular weight is 242 g/mol. The van der Waals surface area contributed by atoms with Crippen molar-refractivity contribution in [1.29, 1.82) is 0 Å². The van der Waals surface area contributed by atoms with E-state index in [1.807, 2.05) is 0 Å². The number of carbonyl (C=O) groups is 1. The maximum Gasteiger partial charge on any atom is 0.155 e. The fourth-order valence-electron chi connectivity index (χ4n) is 2.81. The van der Waals surface area contributed by atoms with Crippen LogP contribution in [-0.4, -0.2) is 25.7 Å². The molecule has 3 nitrogen and oxygen atoms in total. The summed E-state index contributed by atoms with van der Waals surface area (Å²) in [5.74, 6) is 0.538. The second kappa shape index (κ2) is 4.32. The molecular weight excluding hydrogens is 224 g/mol. The van der Waals surface area contributed by atoms with Crippen LogP contribution < -0.4 is 0 Å². The fraction of sp³-hybridized carbons (Fsp3) is 0.750. The highest BCUT2D eigenvalue weighted by atomic mass is 32.2. The standard InChI is InChI=1S/C12H18O3S/c1-16(14,15)12-4-2-3-9(8-12)10-5-6-11(13)7-10/h7,9,12H,2-6,8H2,1H3. The second-order valence-electron chi connectivity index (χ2n) is 5.00. The van der Waals surface area contributed by atoms with Crippen LogP contribution in [0.4, 0.5) is 0 Å². The third kappa shape index (κ3) is 2.54. The van der Waals surface area contributed by atoms with E-state index in [9.17, 15) is 13.2 Å². The van der Waals surface area contributed by atoms with Gasteiger partial charge in [0.2, 0.25) is 0 Å². The van der Waals surface area contributed by atoms with Gasteiger partial charge in [-0.05, 0) is 37.7 Å². The van der Waals surface area contributed by atoms with E-state index in [-0.39, 0.29) is 11.0 Å². The van der Waals surface area contributed by atoms with E-state index in [2.05, 4.69) is 0 Å². The maximum absolute atomic E-state index is 11.5. The van der Waals surface area contributed by atoms with Crippen molar-refractivity contribution in [2.24, 2.45) is 5.92 Å². The molecule has 4 heteroatoms. The molecule has 1 fully saturated rings. The Morgan fingerprint density at radius 1 is 1.25 bits per heavy atom. The predicted molar refractivity (Wildman–Crippen MR) is 62.9 cm³/mol. The quantitative estimate of drug-likeness (QED) is 0.743. The van der Waals surface area contributed by atoms with Gasteiger partial charge in [-0.2, -0.15) is 0 Å². The molecule has 0 radical (unpaired) electrons. The van der Waals surface area contributed by atoms with E-state index < -0.39 is 9.84 Å². The lowest BCUT2D eigenvalue weighted by atomic mass is 9.83. The van der Waals surface area contributed by atoms with Crippen molar-refractivity contribution < 1.29 is 13.2 Å². The molecule has 0 aromatic carbocycles. The lowest BCUT2D eigenvalue weighted by Gasteiger charge is -2.28. The first-order valence-corrected chi connectivity index (χ1v) is 7.84. The molecule has 2 aliphatic carbocycles. The van der Waals surface area contributed by atoms with Crippen molar-refractivity contribution in [3.05, 3.63) is 11.6 Å². The average Bonchev–Trinajstić information content (AvgIpc) is 2.64. The van der Waals surface area contributed by atoms with Gasteiger partial charge >= 0.3 is 0 Å². The number of hydrogen-bond acceptors (Lipinski definition) is 3. The molecule has 0 amide bonds. The molecule has 2 aliphatic rings. The lowest BCUT2D eigenvalue weighted by molar-refractivity contribution is -0.114. The van der Waals surface area contributed by atoms with Crippen molar-refractivity contribution >= 4 is 15.6 Å². The normalized spacial score (nSPS) is 31.6. The van der Waals surface area contributed by atoms with Gasteiger partial charge in [-0.15, -0.1) is 0 Å². The number of carbonyl (C=O) groups excluding carboxylic acids is 1. The number of rotatable bonds is 2. The van der Waals surface area contributed by atoms with Gasteiger partial charge in [0.05, 0.1) is 5.25 Å². The Kier molecular flexibility index (Phi) is 3.19. The van der Waals surface area contributed by atoms with E-state index in [0.29, 0.717) is 12.3 Å². The minimum absolute atomic E-state index is 0.192. The number of sulfone groups is 1. The first-order chi connectivity index (χ1) is 7.47. The molecule has 2 unspecified atom stereocenters. The van der Waals surface area contributed by atoms with E-state index >= 15 is 0 Å². The summed E-state index contributed by atoms with van der Waals surface area (Å²) < 4.78 is 23.0. The topological polar surface area (TPSA) is 51.2 Å². The lowest BCUT2D eigenvalue weighted by Crippen LogP contribution is -2.28. The van der Waals surface area contributed by atoms with E-state index in [0.717, 1.165) is 32.1 Å². The first kappa shape index (κ1) is 11.8. The molecule has 0 bridgehead atoms. The summed E-state index contributed by atoms with van der Waals surface area (Å²) in [6, 6.07) is 0. The third-order valence-corrected chi connectivity index (χ3v) is 5.40. The Labute approximate surface area is 96.8 Å². The molecule has 2 atom stereocenters. The van der Waals surface area contributed by atoms with Gasteiger partial charge in [0, 0.05) is 12.7 Å². The van der Waals surface area contributed by atoms with Crippen LogP contribution in [0.25, 0.3) is 0 Å². The minimum atomic E-state index is -2.91. The zero-order valence-corrected chi connectivity index (χ0v) is 10.4. The van der Waals surface area contributed by atoms with Gasteiger partial charge in [0.25, 0.3) is 0 Å². The Balaban J connectivity index is 2.08. The Bertz CT molecular complexity index is 420. The Morgan fingerprint density at radius 3 is 2.56 bits per heavy atom. The fourth-order valence-corrected chi connectivity index (χ4v) is 3.99. The molecular formula is C12H18O3S. The van der Waals surface area contributed by atoms with Crippen LogP contribution in [0.2, 0.25) is 0 Å². The van der Waals surface area contributed by atoms with Crippen LogP contribution in [-0.2, 0) is 14.6 Å². The van der Waals surface area contributed by atoms with Gasteiger partial charge < -0.3 is 0 Å².